The van der Waals surface area contributed by atoms with Crippen LogP contribution in [-0.2, 0) is 4.79 Å². The average molecular weight is 416 g/mol. The Morgan fingerprint density at radius 1 is 1.10 bits per heavy atom. The van der Waals surface area contributed by atoms with Crippen LogP contribution >= 0.6 is 0 Å². The Morgan fingerprint density at radius 3 is 2.55 bits per heavy atom. The molecule has 1 amide bonds. The van der Waals surface area contributed by atoms with Crippen molar-refractivity contribution in [1.82, 2.24) is 9.97 Å². The van der Waals surface area contributed by atoms with Crippen LogP contribution in [0.5, 0.6) is 5.75 Å². The second-order valence-corrected chi connectivity index (χ2v) is 6.66. The number of nitrogens with one attached hydrogen (secondary N) is 1. The molecule has 154 valence electrons. The number of aromatic hydroxyl groups is 1. The number of benzene rings is 2. The number of pyridine rings is 1. The fourth-order valence-corrected chi connectivity index (χ4v) is 3.07. The highest BCUT2D eigenvalue weighted by Crippen LogP contribution is 2.38. The van der Waals surface area contributed by atoms with Crippen molar-refractivity contribution >= 4 is 17.5 Å². The van der Waals surface area contributed by atoms with Crippen LogP contribution < -0.4 is 5.32 Å². The average Bonchev–Trinajstić information content (AvgIpc) is 3.17. The minimum atomic E-state index is -0.478. The summed E-state index contributed by atoms with van der Waals surface area (Å²) in [6.45, 7) is 1.35. The molecule has 2 aromatic carbocycles. The number of nitrogens with zero attached hydrogens (tertiary/aromatic N) is 3. The van der Waals surface area contributed by atoms with Gasteiger partial charge in [-0.05, 0) is 35.4 Å². The molecule has 0 saturated carbocycles. The van der Waals surface area contributed by atoms with E-state index < -0.39 is 4.92 Å². The molecule has 9 nitrogen and oxygen atoms in total. The molecule has 2 heterocycles. The minimum Gasteiger partial charge on any atom is -0.507 e. The number of rotatable bonds is 5. The highest BCUT2D eigenvalue weighted by molar-refractivity contribution is 5.91. The van der Waals surface area contributed by atoms with Gasteiger partial charge in [0, 0.05) is 37.0 Å². The molecule has 0 radical (unpaired) electrons. The van der Waals surface area contributed by atoms with Gasteiger partial charge in [-0.2, -0.15) is 0 Å². The van der Waals surface area contributed by atoms with Crippen LogP contribution in [-0.4, -0.2) is 25.9 Å². The Balaban J connectivity index is 1.75. The van der Waals surface area contributed by atoms with E-state index in [2.05, 4.69) is 15.3 Å². The zero-order valence-corrected chi connectivity index (χ0v) is 16.3. The normalized spacial score (nSPS) is 10.6. The van der Waals surface area contributed by atoms with Gasteiger partial charge >= 0.3 is 0 Å². The van der Waals surface area contributed by atoms with E-state index in [-0.39, 0.29) is 29.1 Å². The number of non-ortho nitro benzene ring substituents is 1. The van der Waals surface area contributed by atoms with Gasteiger partial charge in [0.1, 0.15) is 11.4 Å². The maximum absolute atomic E-state index is 11.6. The molecule has 0 aliphatic heterocycles. The van der Waals surface area contributed by atoms with Crippen LogP contribution in [0, 0.1) is 10.1 Å². The summed E-state index contributed by atoms with van der Waals surface area (Å²) in [5, 5.41) is 24.2. The third kappa shape index (κ3) is 4.10. The molecule has 0 spiro atoms. The predicted octanol–water partition coefficient (Wildman–Crippen LogP) is 4.64. The van der Waals surface area contributed by atoms with Crippen LogP contribution in [0.4, 0.5) is 11.6 Å². The van der Waals surface area contributed by atoms with Crippen LogP contribution in [0.1, 0.15) is 6.92 Å². The first-order valence-corrected chi connectivity index (χ1v) is 9.19. The number of phenols is 1. The molecule has 0 unspecified atom stereocenters. The van der Waals surface area contributed by atoms with Crippen molar-refractivity contribution in [2.24, 2.45) is 0 Å². The predicted molar refractivity (Wildman–Crippen MR) is 113 cm³/mol. The Hall–Kier alpha value is -4.53. The molecule has 4 aromatic rings. The van der Waals surface area contributed by atoms with Gasteiger partial charge in [0.25, 0.3) is 5.69 Å². The Labute approximate surface area is 176 Å². The third-order valence-electron chi connectivity index (χ3n) is 4.47. The van der Waals surface area contributed by atoms with E-state index in [1.165, 1.54) is 25.1 Å². The summed E-state index contributed by atoms with van der Waals surface area (Å²) in [5.41, 5.74) is 2.43. The molecule has 0 bridgehead atoms. The van der Waals surface area contributed by atoms with E-state index in [0.29, 0.717) is 27.9 Å². The lowest BCUT2D eigenvalue weighted by Crippen LogP contribution is -2.05. The zero-order chi connectivity index (χ0) is 22.0. The van der Waals surface area contributed by atoms with E-state index in [9.17, 15) is 20.0 Å². The van der Waals surface area contributed by atoms with Crippen molar-refractivity contribution in [2.75, 3.05) is 5.32 Å². The molecule has 0 aliphatic rings. The number of nitro benzene ring substituents is 1. The quantitative estimate of drug-likeness (QED) is 0.358. The molecule has 2 aromatic heterocycles. The van der Waals surface area contributed by atoms with Gasteiger partial charge in [0.15, 0.2) is 0 Å². The van der Waals surface area contributed by atoms with Crippen LogP contribution in [0.15, 0.2) is 71.4 Å². The van der Waals surface area contributed by atoms with Gasteiger partial charge in [-0.15, -0.1) is 0 Å². The van der Waals surface area contributed by atoms with Crippen molar-refractivity contribution in [1.29, 1.82) is 0 Å². The maximum Gasteiger partial charge on any atom is 0.270 e. The molecule has 0 aliphatic carbocycles. The second-order valence-electron chi connectivity index (χ2n) is 6.66. The van der Waals surface area contributed by atoms with Crippen molar-refractivity contribution in [2.45, 2.75) is 6.92 Å². The monoisotopic (exact) mass is 416 g/mol. The Morgan fingerprint density at radius 2 is 1.87 bits per heavy atom. The molecule has 4 rings (SSSR count). The SMILES string of the molecule is CC(=O)Nc1oc(-c2ccc(-c3cccc([N+](=O)[O-])c3)cc2O)nc1-c1cccnc1. The van der Waals surface area contributed by atoms with E-state index in [1.54, 1.807) is 48.8 Å². The number of hydrogen-bond donors (Lipinski definition) is 2. The van der Waals surface area contributed by atoms with Gasteiger partial charge in [-0.1, -0.05) is 18.2 Å². The summed E-state index contributed by atoms with van der Waals surface area (Å²) in [6.07, 6.45) is 3.19. The number of oxazole rings is 1. The lowest BCUT2D eigenvalue weighted by molar-refractivity contribution is -0.384. The van der Waals surface area contributed by atoms with Gasteiger partial charge in [0.2, 0.25) is 17.7 Å². The zero-order valence-electron chi connectivity index (χ0n) is 16.3. The summed E-state index contributed by atoms with van der Waals surface area (Å²) in [5.74, 6) is -0.223. The summed E-state index contributed by atoms with van der Waals surface area (Å²) < 4.78 is 5.72. The standard InChI is InChI=1S/C22H16N4O5/c1-13(27)24-22-20(16-5-3-9-23-12-16)25-21(31-22)18-8-7-15(11-19(18)28)14-4-2-6-17(10-14)26(29)30/h2-12,28H,1H3,(H,24,27). The lowest BCUT2D eigenvalue weighted by atomic mass is 10.0. The molecule has 0 fully saturated rings. The Kier molecular flexibility index (Phi) is 5.15. The molecule has 31 heavy (non-hydrogen) atoms. The van der Waals surface area contributed by atoms with E-state index in [4.69, 9.17) is 4.42 Å². The fourth-order valence-electron chi connectivity index (χ4n) is 3.07. The summed E-state index contributed by atoms with van der Waals surface area (Å²) in [7, 11) is 0. The fraction of sp³-hybridized carbons (Fsp3) is 0.0455. The van der Waals surface area contributed by atoms with Crippen molar-refractivity contribution in [3.05, 3.63) is 77.1 Å². The molecule has 0 saturated heterocycles. The van der Waals surface area contributed by atoms with Gasteiger partial charge in [-0.3, -0.25) is 25.2 Å². The number of anilines is 1. The molecule has 9 heteroatoms. The van der Waals surface area contributed by atoms with Crippen molar-refractivity contribution in [3.63, 3.8) is 0 Å². The highest BCUT2D eigenvalue weighted by Gasteiger charge is 2.20. The first-order chi connectivity index (χ1) is 14.9. The highest BCUT2D eigenvalue weighted by atomic mass is 16.6. The molecule has 2 N–H and O–H groups in total. The van der Waals surface area contributed by atoms with Gasteiger partial charge in [-0.25, -0.2) is 4.98 Å². The molecular weight excluding hydrogens is 400 g/mol. The first-order valence-electron chi connectivity index (χ1n) is 9.19. The number of phenolic OH excluding ortho intramolecular Hbond substituents is 1. The third-order valence-corrected chi connectivity index (χ3v) is 4.47. The summed E-state index contributed by atoms with van der Waals surface area (Å²) in [4.78, 5) is 30.6. The number of amides is 1. The van der Waals surface area contributed by atoms with Crippen LogP contribution in [0.2, 0.25) is 0 Å². The van der Waals surface area contributed by atoms with Crippen molar-refractivity contribution < 1.29 is 19.2 Å². The van der Waals surface area contributed by atoms with Gasteiger partial charge in [0.05, 0.1) is 10.5 Å². The lowest BCUT2D eigenvalue weighted by Gasteiger charge is -2.05. The van der Waals surface area contributed by atoms with Crippen molar-refractivity contribution in [3.8, 4) is 39.6 Å². The van der Waals surface area contributed by atoms with Crippen LogP contribution in [0.25, 0.3) is 33.8 Å². The van der Waals surface area contributed by atoms with E-state index in [0.717, 1.165) is 0 Å². The smallest absolute Gasteiger partial charge is 0.270 e. The number of carbonyl (C=O) groups is 1. The first kappa shape index (κ1) is 19.8. The minimum absolute atomic E-state index is 0.0465. The number of hydrogen-bond acceptors (Lipinski definition) is 7. The van der Waals surface area contributed by atoms with E-state index >= 15 is 0 Å². The number of carbonyl (C=O) groups excluding carboxylic acids is 1. The number of aromatic nitrogens is 2. The molecular formula is C22H16N4O5. The molecule has 0 atom stereocenters. The Bertz CT molecular complexity index is 1280. The van der Waals surface area contributed by atoms with Gasteiger partial charge < -0.3 is 9.52 Å². The summed E-state index contributed by atoms with van der Waals surface area (Å²) >= 11 is 0. The maximum atomic E-state index is 11.6. The van der Waals surface area contributed by atoms with Crippen LogP contribution in [0.3, 0.4) is 0 Å². The second kappa shape index (κ2) is 8.07. The topological polar surface area (TPSA) is 131 Å². The largest absolute Gasteiger partial charge is 0.507 e. The van der Waals surface area contributed by atoms with E-state index in [1.807, 2.05) is 0 Å². The number of nitro groups is 1. The summed E-state index contributed by atoms with van der Waals surface area (Å²) in [6, 6.07) is 14.4.